The number of nitrogen functional groups attached to an aromatic ring is 1. The van der Waals surface area contributed by atoms with E-state index in [4.69, 9.17) is 10.5 Å². The third-order valence-electron chi connectivity index (χ3n) is 1.24. The molecule has 0 aliphatic rings. The van der Waals surface area contributed by atoms with Gasteiger partial charge >= 0.3 is 0 Å². The predicted octanol–water partition coefficient (Wildman–Crippen LogP) is 1.58. The zero-order valence-corrected chi connectivity index (χ0v) is 7.05. The van der Waals surface area contributed by atoms with E-state index < -0.39 is 0 Å². The standard InChI is InChI=1S/C8H11NOS/c9-7-1-3-8(4-2-7)10-5-6-11/h1-4,11H,5-6,9H2. The summed E-state index contributed by atoms with van der Waals surface area (Å²) in [5, 5.41) is 0. The Morgan fingerprint density at radius 2 is 1.91 bits per heavy atom. The molecule has 0 saturated carbocycles. The van der Waals surface area contributed by atoms with Gasteiger partial charge in [0, 0.05) is 11.4 Å². The second kappa shape index (κ2) is 4.13. The summed E-state index contributed by atoms with van der Waals surface area (Å²) < 4.78 is 5.28. The first-order chi connectivity index (χ1) is 5.33. The molecule has 1 rings (SSSR count). The van der Waals surface area contributed by atoms with Crippen LogP contribution in [0.4, 0.5) is 5.69 Å². The summed E-state index contributed by atoms with van der Waals surface area (Å²) in [7, 11) is 0. The minimum absolute atomic E-state index is 0.632. The van der Waals surface area contributed by atoms with Gasteiger partial charge in [-0.3, -0.25) is 0 Å². The molecule has 0 unspecified atom stereocenters. The quantitative estimate of drug-likeness (QED) is 0.532. The minimum Gasteiger partial charge on any atom is -0.493 e. The Morgan fingerprint density at radius 1 is 1.27 bits per heavy atom. The van der Waals surface area contributed by atoms with Gasteiger partial charge in [0.2, 0.25) is 0 Å². The number of rotatable bonds is 3. The summed E-state index contributed by atoms with van der Waals surface area (Å²) in [6, 6.07) is 7.32. The molecule has 0 fully saturated rings. The molecule has 0 bridgehead atoms. The van der Waals surface area contributed by atoms with E-state index in [0.717, 1.165) is 17.2 Å². The van der Waals surface area contributed by atoms with Crippen molar-refractivity contribution in [1.82, 2.24) is 0 Å². The zero-order chi connectivity index (χ0) is 8.10. The molecule has 0 amide bonds. The molecule has 0 atom stereocenters. The van der Waals surface area contributed by atoms with Gasteiger partial charge in [0.15, 0.2) is 0 Å². The van der Waals surface area contributed by atoms with Gasteiger partial charge in [-0.1, -0.05) is 0 Å². The fourth-order valence-corrected chi connectivity index (χ4v) is 0.819. The van der Waals surface area contributed by atoms with E-state index in [0.29, 0.717) is 6.61 Å². The van der Waals surface area contributed by atoms with Gasteiger partial charge in [-0.25, -0.2) is 0 Å². The lowest BCUT2D eigenvalue weighted by Gasteiger charge is -2.02. The number of nitrogens with two attached hydrogens (primary N) is 1. The number of hydrogen-bond donors (Lipinski definition) is 2. The monoisotopic (exact) mass is 169 g/mol. The Morgan fingerprint density at radius 3 is 2.45 bits per heavy atom. The summed E-state index contributed by atoms with van der Waals surface area (Å²) in [6.45, 7) is 0.632. The first-order valence-electron chi connectivity index (χ1n) is 3.42. The lowest BCUT2D eigenvalue weighted by Crippen LogP contribution is -1.97. The molecular formula is C8H11NOS. The van der Waals surface area contributed by atoms with Crippen LogP contribution in [0, 0.1) is 0 Å². The van der Waals surface area contributed by atoms with Crippen LogP contribution in [0.5, 0.6) is 5.75 Å². The number of benzene rings is 1. The predicted molar refractivity (Wildman–Crippen MR) is 50.2 cm³/mol. The molecule has 1 aromatic carbocycles. The van der Waals surface area contributed by atoms with Crippen LogP contribution < -0.4 is 10.5 Å². The van der Waals surface area contributed by atoms with Crippen molar-refractivity contribution in [3.05, 3.63) is 24.3 Å². The zero-order valence-electron chi connectivity index (χ0n) is 6.16. The lowest BCUT2D eigenvalue weighted by atomic mass is 10.3. The number of anilines is 1. The van der Waals surface area contributed by atoms with Gasteiger partial charge in [0.1, 0.15) is 5.75 Å². The van der Waals surface area contributed by atoms with Crippen molar-refractivity contribution in [3.8, 4) is 5.75 Å². The fraction of sp³-hybridized carbons (Fsp3) is 0.250. The Balaban J connectivity index is 2.52. The topological polar surface area (TPSA) is 35.2 Å². The van der Waals surface area contributed by atoms with E-state index >= 15 is 0 Å². The van der Waals surface area contributed by atoms with Crippen LogP contribution in [0.25, 0.3) is 0 Å². The van der Waals surface area contributed by atoms with Crippen molar-refractivity contribution >= 4 is 18.3 Å². The molecule has 0 spiro atoms. The summed E-state index contributed by atoms with van der Waals surface area (Å²) in [5.74, 6) is 1.57. The van der Waals surface area contributed by atoms with Crippen molar-refractivity contribution in [3.63, 3.8) is 0 Å². The normalized spacial score (nSPS) is 9.55. The summed E-state index contributed by atoms with van der Waals surface area (Å²) in [6.07, 6.45) is 0. The Bertz CT molecular complexity index is 210. The van der Waals surface area contributed by atoms with E-state index in [-0.39, 0.29) is 0 Å². The average Bonchev–Trinajstić information content (AvgIpc) is 2.04. The molecule has 2 N–H and O–H groups in total. The van der Waals surface area contributed by atoms with Gasteiger partial charge in [0.25, 0.3) is 0 Å². The highest BCUT2D eigenvalue weighted by atomic mass is 32.1. The summed E-state index contributed by atoms with van der Waals surface area (Å²) in [4.78, 5) is 0. The maximum absolute atomic E-state index is 5.48. The number of thiol groups is 1. The molecule has 11 heavy (non-hydrogen) atoms. The summed E-state index contributed by atoms with van der Waals surface area (Å²) >= 11 is 4.02. The minimum atomic E-state index is 0.632. The third-order valence-corrected chi connectivity index (χ3v) is 1.42. The molecule has 0 aliphatic heterocycles. The van der Waals surface area contributed by atoms with Gasteiger partial charge in [-0.15, -0.1) is 0 Å². The highest BCUT2D eigenvalue weighted by molar-refractivity contribution is 7.80. The number of hydrogen-bond acceptors (Lipinski definition) is 3. The van der Waals surface area contributed by atoms with Gasteiger partial charge in [0.05, 0.1) is 6.61 Å². The van der Waals surface area contributed by atoms with Gasteiger partial charge in [-0.2, -0.15) is 12.6 Å². The van der Waals surface area contributed by atoms with E-state index in [2.05, 4.69) is 12.6 Å². The number of ether oxygens (including phenoxy) is 1. The lowest BCUT2D eigenvalue weighted by molar-refractivity contribution is 0.344. The molecule has 0 radical (unpaired) electrons. The van der Waals surface area contributed by atoms with Crippen LogP contribution in [0.3, 0.4) is 0 Å². The first kappa shape index (κ1) is 8.27. The van der Waals surface area contributed by atoms with E-state index in [1.54, 1.807) is 0 Å². The van der Waals surface area contributed by atoms with E-state index in [1.165, 1.54) is 0 Å². The molecule has 1 aromatic rings. The molecular weight excluding hydrogens is 158 g/mol. The Hall–Kier alpha value is -0.830. The van der Waals surface area contributed by atoms with Crippen LogP contribution in [0.1, 0.15) is 0 Å². The Labute approximate surface area is 71.8 Å². The van der Waals surface area contributed by atoms with Gasteiger partial charge < -0.3 is 10.5 Å². The van der Waals surface area contributed by atoms with Crippen LogP contribution in [0.15, 0.2) is 24.3 Å². The Kier molecular flexibility index (Phi) is 3.11. The molecule has 60 valence electrons. The van der Waals surface area contributed by atoms with Gasteiger partial charge in [-0.05, 0) is 24.3 Å². The third kappa shape index (κ3) is 2.72. The van der Waals surface area contributed by atoms with Crippen molar-refractivity contribution in [1.29, 1.82) is 0 Å². The molecule has 0 heterocycles. The van der Waals surface area contributed by atoms with Crippen LogP contribution >= 0.6 is 12.6 Å². The van der Waals surface area contributed by atoms with Crippen molar-refractivity contribution in [2.75, 3.05) is 18.1 Å². The van der Waals surface area contributed by atoms with E-state index in [9.17, 15) is 0 Å². The molecule has 0 aromatic heterocycles. The first-order valence-corrected chi connectivity index (χ1v) is 4.05. The van der Waals surface area contributed by atoms with Crippen LogP contribution in [-0.4, -0.2) is 12.4 Å². The fourth-order valence-electron chi connectivity index (χ4n) is 0.728. The maximum atomic E-state index is 5.48. The highest BCUT2D eigenvalue weighted by Crippen LogP contribution is 2.12. The average molecular weight is 169 g/mol. The SMILES string of the molecule is Nc1ccc(OCCS)cc1. The molecule has 0 aliphatic carbocycles. The largest absolute Gasteiger partial charge is 0.493 e. The second-order valence-electron chi connectivity index (χ2n) is 2.14. The van der Waals surface area contributed by atoms with Crippen LogP contribution in [-0.2, 0) is 0 Å². The highest BCUT2D eigenvalue weighted by Gasteiger charge is 1.90. The van der Waals surface area contributed by atoms with Crippen molar-refractivity contribution in [2.24, 2.45) is 0 Å². The maximum Gasteiger partial charge on any atom is 0.119 e. The van der Waals surface area contributed by atoms with Crippen molar-refractivity contribution in [2.45, 2.75) is 0 Å². The molecule has 0 saturated heterocycles. The van der Waals surface area contributed by atoms with Crippen LogP contribution in [0.2, 0.25) is 0 Å². The summed E-state index contributed by atoms with van der Waals surface area (Å²) in [5.41, 5.74) is 6.24. The smallest absolute Gasteiger partial charge is 0.119 e. The molecule has 3 heteroatoms. The molecule has 2 nitrogen and oxygen atoms in total. The van der Waals surface area contributed by atoms with E-state index in [1.807, 2.05) is 24.3 Å². The second-order valence-corrected chi connectivity index (χ2v) is 2.59. The van der Waals surface area contributed by atoms with Crippen molar-refractivity contribution < 1.29 is 4.74 Å².